The number of carbonyl (C=O) groups excluding carboxylic acids is 1. The normalized spacial score (nSPS) is 11.7. The molecule has 12 heteroatoms. The molecule has 3 aromatic heterocycles. The first-order chi connectivity index (χ1) is 16.6. The number of thiophene rings is 1. The molecule has 0 aliphatic heterocycles. The molecule has 0 radical (unpaired) electrons. The standard InChI is InChI=1S/C23H23Cl2N5O3S2/c1-4-19-28-20-13(2)11-14(3)27-22(20)30(19)16-7-5-15(6-8-16)9-10-26-23(31)29-35(32,33)17-12-18(24)34-21(17)25/h5-8,11-12H,4,9-10H2,1-3H3,(H2,26,29,31). The van der Waals surface area contributed by atoms with Crippen LogP contribution in [0.4, 0.5) is 4.79 Å². The van der Waals surface area contributed by atoms with Crippen LogP contribution in [-0.4, -0.2) is 35.5 Å². The topological polar surface area (TPSA) is 106 Å². The Labute approximate surface area is 217 Å². The van der Waals surface area contributed by atoms with Gasteiger partial charge in [0.1, 0.15) is 20.6 Å². The van der Waals surface area contributed by atoms with Gasteiger partial charge in [0.05, 0.1) is 4.34 Å². The quantitative estimate of drug-likeness (QED) is 0.328. The summed E-state index contributed by atoms with van der Waals surface area (Å²) in [5, 5.41) is 2.55. The highest BCUT2D eigenvalue weighted by Crippen LogP contribution is 2.34. The fraction of sp³-hybridized carbons (Fsp3) is 0.261. The number of fused-ring (bicyclic) bond motifs is 1. The highest BCUT2D eigenvalue weighted by Gasteiger charge is 2.23. The molecule has 0 fully saturated rings. The minimum Gasteiger partial charge on any atom is -0.337 e. The van der Waals surface area contributed by atoms with E-state index in [0.29, 0.717) is 6.42 Å². The number of nitrogens with one attached hydrogen (secondary N) is 2. The van der Waals surface area contributed by atoms with Gasteiger partial charge in [-0.05, 0) is 55.7 Å². The molecule has 0 bridgehead atoms. The molecule has 2 N–H and O–H groups in total. The van der Waals surface area contributed by atoms with Gasteiger partial charge < -0.3 is 5.32 Å². The Kier molecular flexibility index (Phi) is 7.37. The van der Waals surface area contributed by atoms with Gasteiger partial charge in [0, 0.05) is 24.3 Å². The van der Waals surface area contributed by atoms with Crippen molar-refractivity contribution in [3.63, 3.8) is 0 Å². The van der Waals surface area contributed by atoms with E-state index in [1.165, 1.54) is 6.07 Å². The Morgan fingerprint density at radius 3 is 2.46 bits per heavy atom. The van der Waals surface area contributed by atoms with Crippen LogP contribution in [0.5, 0.6) is 0 Å². The number of urea groups is 1. The second kappa shape index (κ2) is 10.1. The number of halogens is 2. The van der Waals surface area contributed by atoms with Crippen molar-refractivity contribution < 1.29 is 13.2 Å². The summed E-state index contributed by atoms with van der Waals surface area (Å²) >= 11 is 12.6. The van der Waals surface area contributed by atoms with Gasteiger partial charge in [0.2, 0.25) is 0 Å². The number of pyridine rings is 1. The van der Waals surface area contributed by atoms with Crippen molar-refractivity contribution in [3.8, 4) is 5.69 Å². The zero-order chi connectivity index (χ0) is 25.3. The number of hydrogen-bond acceptors (Lipinski definition) is 6. The summed E-state index contributed by atoms with van der Waals surface area (Å²) in [6.07, 6.45) is 1.28. The van der Waals surface area contributed by atoms with Gasteiger partial charge in [-0.15, -0.1) is 11.3 Å². The summed E-state index contributed by atoms with van der Waals surface area (Å²) in [6.45, 7) is 6.31. The van der Waals surface area contributed by atoms with Crippen molar-refractivity contribution in [1.82, 2.24) is 24.6 Å². The summed E-state index contributed by atoms with van der Waals surface area (Å²) in [7, 11) is -4.11. The number of amides is 2. The van der Waals surface area contributed by atoms with Crippen molar-refractivity contribution in [2.45, 2.75) is 38.5 Å². The second-order valence-corrected chi connectivity index (χ2v) is 11.9. The summed E-state index contributed by atoms with van der Waals surface area (Å²) in [4.78, 5) is 21.4. The van der Waals surface area contributed by atoms with Crippen LogP contribution in [0.3, 0.4) is 0 Å². The lowest BCUT2D eigenvalue weighted by molar-refractivity contribution is 0.246. The van der Waals surface area contributed by atoms with Gasteiger partial charge in [-0.3, -0.25) is 4.57 Å². The first-order valence-corrected chi connectivity index (χ1v) is 13.8. The maximum Gasteiger partial charge on any atom is 0.328 e. The molecular formula is C23H23Cl2N5O3S2. The molecule has 0 saturated heterocycles. The number of carbonyl (C=O) groups is 1. The number of sulfonamides is 1. The van der Waals surface area contributed by atoms with E-state index in [1.807, 2.05) is 48.9 Å². The first kappa shape index (κ1) is 25.4. The van der Waals surface area contributed by atoms with Crippen molar-refractivity contribution in [1.29, 1.82) is 0 Å². The lowest BCUT2D eigenvalue weighted by atomic mass is 10.1. The van der Waals surface area contributed by atoms with E-state index in [4.69, 9.17) is 33.2 Å². The lowest BCUT2D eigenvalue weighted by Crippen LogP contribution is -2.40. The molecule has 8 nitrogen and oxygen atoms in total. The third-order valence-corrected chi connectivity index (χ3v) is 8.44. The third kappa shape index (κ3) is 5.45. The average Bonchev–Trinajstić information content (AvgIpc) is 3.33. The minimum atomic E-state index is -4.11. The maximum atomic E-state index is 12.3. The molecule has 0 unspecified atom stereocenters. The smallest absolute Gasteiger partial charge is 0.328 e. The van der Waals surface area contributed by atoms with Gasteiger partial charge in [-0.2, -0.15) is 0 Å². The predicted octanol–water partition coefficient (Wildman–Crippen LogP) is 5.20. The van der Waals surface area contributed by atoms with Gasteiger partial charge in [0.15, 0.2) is 5.65 Å². The molecule has 35 heavy (non-hydrogen) atoms. The Balaban J connectivity index is 1.42. The van der Waals surface area contributed by atoms with Gasteiger partial charge >= 0.3 is 6.03 Å². The Morgan fingerprint density at radius 2 is 1.83 bits per heavy atom. The van der Waals surface area contributed by atoms with E-state index in [0.717, 1.165) is 57.3 Å². The molecule has 0 aliphatic carbocycles. The molecule has 3 heterocycles. The maximum absolute atomic E-state index is 12.3. The molecule has 1 aromatic carbocycles. The third-order valence-electron chi connectivity index (χ3n) is 5.36. The van der Waals surface area contributed by atoms with E-state index in [1.54, 1.807) is 0 Å². The van der Waals surface area contributed by atoms with E-state index in [2.05, 4.69) is 16.8 Å². The molecule has 0 atom stereocenters. The van der Waals surface area contributed by atoms with Crippen LogP contribution in [0.1, 0.15) is 29.6 Å². The number of nitrogens with zero attached hydrogens (tertiary/aromatic N) is 3. The van der Waals surface area contributed by atoms with Crippen LogP contribution in [-0.2, 0) is 22.9 Å². The van der Waals surface area contributed by atoms with Gasteiger partial charge in [-0.25, -0.2) is 27.9 Å². The molecule has 0 aliphatic rings. The van der Waals surface area contributed by atoms with E-state index < -0.39 is 16.1 Å². The van der Waals surface area contributed by atoms with Crippen LogP contribution in [0.2, 0.25) is 8.67 Å². The molecule has 4 rings (SSSR count). The van der Waals surface area contributed by atoms with Crippen molar-refractivity contribution in [2.24, 2.45) is 0 Å². The van der Waals surface area contributed by atoms with Crippen molar-refractivity contribution >= 4 is 61.8 Å². The number of imidazole rings is 1. The van der Waals surface area contributed by atoms with E-state index in [9.17, 15) is 13.2 Å². The van der Waals surface area contributed by atoms with Crippen LogP contribution in [0.15, 0.2) is 41.3 Å². The highest BCUT2D eigenvalue weighted by atomic mass is 35.5. The Hall–Kier alpha value is -2.66. The minimum absolute atomic E-state index is 0.00666. The molecule has 0 spiro atoms. The lowest BCUT2D eigenvalue weighted by Gasteiger charge is -2.10. The fourth-order valence-electron chi connectivity index (χ4n) is 3.77. The van der Waals surface area contributed by atoms with E-state index in [-0.39, 0.29) is 20.1 Å². The van der Waals surface area contributed by atoms with Crippen LogP contribution >= 0.6 is 34.5 Å². The number of hydrogen-bond donors (Lipinski definition) is 2. The number of aryl methyl sites for hydroxylation is 3. The number of aromatic nitrogens is 3. The van der Waals surface area contributed by atoms with Crippen LogP contribution in [0, 0.1) is 13.8 Å². The zero-order valence-corrected chi connectivity index (χ0v) is 22.4. The Morgan fingerprint density at radius 1 is 1.11 bits per heavy atom. The summed E-state index contributed by atoms with van der Waals surface area (Å²) in [6, 6.07) is 10.3. The molecule has 4 aromatic rings. The fourth-order valence-corrected chi connectivity index (χ4v) is 6.85. The van der Waals surface area contributed by atoms with Crippen LogP contribution < -0.4 is 10.0 Å². The second-order valence-electron chi connectivity index (χ2n) is 7.94. The number of rotatable bonds is 7. The highest BCUT2D eigenvalue weighted by molar-refractivity contribution is 7.90. The summed E-state index contributed by atoms with van der Waals surface area (Å²) in [5.41, 5.74) is 5.69. The molecular weight excluding hydrogens is 529 g/mol. The summed E-state index contributed by atoms with van der Waals surface area (Å²) in [5.74, 6) is 0.931. The molecule has 2 amide bonds. The Bertz CT molecular complexity index is 1510. The predicted molar refractivity (Wildman–Crippen MR) is 139 cm³/mol. The average molecular weight is 553 g/mol. The molecule has 0 saturated carbocycles. The SMILES string of the molecule is CCc1nc2c(C)cc(C)nc2n1-c1ccc(CCNC(=O)NS(=O)(=O)c2cc(Cl)sc2Cl)cc1. The van der Waals surface area contributed by atoms with Crippen molar-refractivity contribution in [3.05, 3.63) is 67.7 Å². The zero-order valence-electron chi connectivity index (χ0n) is 19.2. The molecule has 184 valence electrons. The first-order valence-electron chi connectivity index (χ1n) is 10.8. The van der Waals surface area contributed by atoms with Crippen LogP contribution in [0.25, 0.3) is 16.9 Å². The van der Waals surface area contributed by atoms with Gasteiger partial charge in [0.25, 0.3) is 10.0 Å². The summed E-state index contributed by atoms with van der Waals surface area (Å²) < 4.78 is 28.9. The largest absolute Gasteiger partial charge is 0.337 e. The van der Waals surface area contributed by atoms with Gasteiger partial charge in [-0.1, -0.05) is 42.3 Å². The number of benzene rings is 1. The monoisotopic (exact) mass is 551 g/mol. The van der Waals surface area contributed by atoms with Crippen molar-refractivity contribution in [2.75, 3.05) is 6.54 Å². The van der Waals surface area contributed by atoms with E-state index >= 15 is 0 Å².